The SMILES string of the molecule is CCn1nc(C)c(F)c1-c1nc(-c2nc(Cl)cc(NC)c2C=N)c(C)s1. The molecule has 3 aromatic heterocycles. The third kappa shape index (κ3) is 2.99. The maximum Gasteiger partial charge on any atom is 0.174 e. The molecule has 0 aliphatic carbocycles. The third-order valence-corrected chi connectivity index (χ3v) is 5.19. The Hall–Kier alpha value is -2.32. The van der Waals surface area contributed by atoms with Crippen LogP contribution in [0.15, 0.2) is 6.07 Å². The Morgan fingerprint density at radius 3 is 2.69 bits per heavy atom. The predicted molar refractivity (Wildman–Crippen MR) is 104 cm³/mol. The van der Waals surface area contributed by atoms with Crippen molar-refractivity contribution >= 4 is 34.8 Å². The van der Waals surface area contributed by atoms with E-state index in [0.717, 1.165) is 4.88 Å². The molecule has 0 radical (unpaired) electrons. The first-order valence-corrected chi connectivity index (χ1v) is 9.20. The summed E-state index contributed by atoms with van der Waals surface area (Å²) >= 11 is 7.50. The first kappa shape index (κ1) is 18.5. The second-order valence-electron chi connectivity index (χ2n) is 5.64. The zero-order chi connectivity index (χ0) is 19.0. The van der Waals surface area contributed by atoms with Gasteiger partial charge in [0.1, 0.15) is 27.2 Å². The molecular formula is C17H18ClFN6S. The maximum absolute atomic E-state index is 14.6. The van der Waals surface area contributed by atoms with Crippen LogP contribution in [0, 0.1) is 25.1 Å². The molecule has 0 saturated heterocycles. The third-order valence-electron chi connectivity index (χ3n) is 4.02. The van der Waals surface area contributed by atoms with Gasteiger partial charge in [-0.3, -0.25) is 4.68 Å². The summed E-state index contributed by atoms with van der Waals surface area (Å²) in [5, 5.41) is 15.8. The van der Waals surface area contributed by atoms with Crippen molar-refractivity contribution in [1.82, 2.24) is 19.7 Å². The highest BCUT2D eigenvalue weighted by molar-refractivity contribution is 7.15. The summed E-state index contributed by atoms with van der Waals surface area (Å²) in [4.78, 5) is 9.85. The second kappa shape index (κ2) is 7.13. The fourth-order valence-corrected chi connectivity index (χ4v) is 3.92. The van der Waals surface area contributed by atoms with Gasteiger partial charge in [0.15, 0.2) is 5.82 Å². The molecule has 3 aromatic rings. The van der Waals surface area contributed by atoms with Gasteiger partial charge in [0.05, 0.1) is 5.69 Å². The minimum absolute atomic E-state index is 0.296. The smallest absolute Gasteiger partial charge is 0.174 e. The minimum atomic E-state index is -0.366. The predicted octanol–water partition coefficient (Wildman–Crippen LogP) is 4.54. The van der Waals surface area contributed by atoms with Crippen molar-refractivity contribution < 1.29 is 4.39 Å². The molecule has 3 heterocycles. The summed E-state index contributed by atoms with van der Waals surface area (Å²) in [6, 6.07) is 1.66. The molecule has 0 fully saturated rings. The highest BCUT2D eigenvalue weighted by Gasteiger charge is 2.23. The molecule has 0 saturated carbocycles. The van der Waals surface area contributed by atoms with Crippen LogP contribution in [0.3, 0.4) is 0 Å². The van der Waals surface area contributed by atoms with Gasteiger partial charge in [0.25, 0.3) is 0 Å². The standard InChI is InChI=1S/C17H18ClFN6S/c1-5-25-16(13(19)8(2)24-25)17-23-14(9(3)26-17)15-10(7-20)11(21-4)6-12(18)22-15/h6-7,20H,5H2,1-4H3,(H,21,22). The van der Waals surface area contributed by atoms with Gasteiger partial charge in [0.2, 0.25) is 0 Å². The van der Waals surface area contributed by atoms with Gasteiger partial charge in [-0.15, -0.1) is 11.3 Å². The summed E-state index contributed by atoms with van der Waals surface area (Å²) < 4.78 is 16.2. The number of nitrogens with zero attached hydrogens (tertiary/aromatic N) is 4. The Morgan fingerprint density at radius 2 is 2.08 bits per heavy atom. The van der Waals surface area contributed by atoms with Crippen LogP contribution in [0.4, 0.5) is 10.1 Å². The average molecular weight is 393 g/mol. The van der Waals surface area contributed by atoms with Gasteiger partial charge in [-0.25, -0.2) is 14.4 Å². The van der Waals surface area contributed by atoms with Crippen molar-refractivity contribution in [3.8, 4) is 22.1 Å². The maximum atomic E-state index is 14.6. The fraction of sp³-hybridized carbons (Fsp3) is 0.294. The lowest BCUT2D eigenvalue weighted by molar-refractivity contribution is 0.618. The normalized spacial score (nSPS) is 11.0. The van der Waals surface area contributed by atoms with Crippen molar-refractivity contribution in [3.05, 3.63) is 33.2 Å². The number of aryl methyl sites for hydroxylation is 3. The average Bonchev–Trinajstić information content (AvgIpc) is 3.13. The van der Waals surface area contributed by atoms with E-state index in [1.54, 1.807) is 24.7 Å². The summed E-state index contributed by atoms with van der Waals surface area (Å²) in [6.45, 7) is 5.97. The molecule has 0 aliphatic heterocycles. The molecular weight excluding hydrogens is 375 g/mol. The fourth-order valence-electron chi connectivity index (χ4n) is 2.77. The second-order valence-corrected chi connectivity index (χ2v) is 7.23. The Bertz CT molecular complexity index is 994. The number of hydrogen-bond donors (Lipinski definition) is 2. The summed E-state index contributed by atoms with van der Waals surface area (Å²) in [5.41, 5.74) is 3.06. The van der Waals surface area contributed by atoms with Gasteiger partial charge < -0.3 is 10.7 Å². The Morgan fingerprint density at radius 1 is 1.35 bits per heavy atom. The van der Waals surface area contributed by atoms with E-state index in [1.807, 2.05) is 13.8 Å². The summed E-state index contributed by atoms with van der Waals surface area (Å²) in [6.07, 6.45) is 1.21. The van der Waals surface area contributed by atoms with Crippen molar-refractivity contribution in [3.63, 3.8) is 0 Å². The van der Waals surface area contributed by atoms with Crippen LogP contribution in [-0.4, -0.2) is 33.0 Å². The lowest BCUT2D eigenvalue weighted by atomic mass is 10.1. The largest absolute Gasteiger partial charge is 0.387 e. The van der Waals surface area contributed by atoms with Crippen LogP contribution in [-0.2, 0) is 6.54 Å². The molecule has 0 atom stereocenters. The zero-order valence-electron chi connectivity index (χ0n) is 14.8. The van der Waals surface area contributed by atoms with Gasteiger partial charge >= 0.3 is 0 Å². The van der Waals surface area contributed by atoms with Gasteiger partial charge in [-0.1, -0.05) is 11.6 Å². The first-order chi connectivity index (χ1) is 12.4. The van der Waals surface area contributed by atoms with Crippen LogP contribution in [0.1, 0.15) is 23.1 Å². The number of hydrogen-bond acceptors (Lipinski definition) is 6. The molecule has 0 aromatic carbocycles. The van der Waals surface area contributed by atoms with Gasteiger partial charge in [-0.05, 0) is 26.8 Å². The van der Waals surface area contributed by atoms with Crippen molar-refractivity contribution in [2.75, 3.05) is 12.4 Å². The Balaban J connectivity index is 2.23. The lowest BCUT2D eigenvalue weighted by Crippen LogP contribution is -2.02. The summed E-state index contributed by atoms with van der Waals surface area (Å²) in [7, 11) is 1.75. The number of nitrogens with one attached hydrogen (secondary N) is 2. The Labute approximate surface area is 159 Å². The molecule has 3 rings (SSSR count). The molecule has 6 nitrogen and oxygen atoms in total. The monoisotopic (exact) mass is 392 g/mol. The van der Waals surface area contributed by atoms with Crippen LogP contribution < -0.4 is 5.32 Å². The molecule has 2 N–H and O–H groups in total. The van der Waals surface area contributed by atoms with Gasteiger partial charge in [-0.2, -0.15) is 5.10 Å². The van der Waals surface area contributed by atoms with E-state index in [0.29, 0.717) is 50.7 Å². The molecule has 136 valence electrons. The molecule has 9 heteroatoms. The number of thiazole rings is 1. The van der Waals surface area contributed by atoms with Gasteiger partial charge in [0, 0.05) is 35.9 Å². The minimum Gasteiger partial charge on any atom is -0.387 e. The first-order valence-electron chi connectivity index (χ1n) is 8.01. The van der Waals surface area contributed by atoms with Crippen LogP contribution in [0.2, 0.25) is 5.15 Å². The van der Waals surface area contributed by atoms with E-state index < -0.39 is 0 Å². The zero-order valence-corrected chi connectivity index (χ0v) is 16.4. The van der Waals surface area contributed by atoms with Crippen LogP contribution in [0.5, 0.6) is 0 Å². The topological polar surface area (TPSA) is 79.5 Å². The molecule has 26 heavy (non-hydrogen) atoms. The number of aromatic nitrogens is 4. The van der Waals surface area contributed by atoms with E-state index in [-0.39, 0.29) is 5.82 Å². The van der Waals surface area contributed by atoms with E-state index in [9.17, 15) is 4.39 Å². The van der Waals surface area contributed by atoms with Crippen LogP contribution >= 0.6 is 22.9 Å². The highest BCUT2D eigenvalue weighted by atomic mass is 35.5. The molecule has 0 bridgehead atoms. The number of halogens is 2. The van der Waals surface area contributed by atoms with Crippen molar-refractivity contribution in [2.24, 2.45) is 0 Å². The molecule has 0 unspecified atom stereocenters. The van der Waals surface area contributed by atoms with Crippen LogP contribution in [0.25, 0.3) is 22.1 Å². The molecule has 0 amide bonds. The lowest BCUT2D eigenvalue weighted by Gasteiger charge is -2.10. The van der Waals surface area contributed by atoms with Crippen molar-refractivity contribution in [2.45, 2.75) is 27.3 Å². The van der Waals surface area contributed by atoms with E-state index in [2.05, 4.69) is 20.4 Å². The Kier molecular flexibility index (Phi) is 5.06. The number of pyridine rings is 1. The quantitative estimate of drug-likeness (QED) is 0.493. The number of rotatable bonds is 5. The van der Waals surface area contributed by atoms with E-state index in [4.69, 9.17) is 17.0 Å². The van der Waals surface area contributed by atoms with Crippen molar-refractivity contribution in [1.29, 1.82) is 5.41 Å². The molecule has 0 spiro atoms. The number of anilines is 1. The molecule has 0 aliphatic rings. The van der Waals surface area contributed by atoms with E-state index in [1.165, 1.54) is 17.6 Å². The highest BCUT2D eigenvalue weighted by Crippen LogP contribution is 2.37. The van der Waals surface area contributed by atoms with E-state index >= 15 is 0 Å². The summed E-state index contributed by atoms with van der Waals surface area (Å²) in [5.74, 6) is -0.366.